The largest absolute Gasteiger partial charge is 0.493 e. The van der Waals surface area contributed by atoms with Crippen molar-refractivity contribution < 1.29 is 17.9 Å². The SMILES string of the molecule is COc1ccc(-c2nc3ccccc3n2S(=O)(=O)c2ccccc2)cc1OC. The number of benzene rings is 3. The molecule has 0 atom stereocenters. The molecule has 0 amide bonds. The van der Waals surface area contributed by atoms with Crippen LogP contribution in [0.3, 0.4) is 0 Å². The van der Waals surface area contributed by atoms with Gasteiger partial charge in [0.15, 0.2) is 17.3 Å². The highest BCUT2D eigenvalue weighted by molar-refractivity contribution is 7.90. The molecule has 0 N–H and O–H groups in total. The number of hydrogen-bond donors (Lipinski definition) is 0. The second-order valence-corrected chi connectivity index (χ2v) is 7.86. The number of ether oxygens (including phenoxy) is 2. The van der Waals surface area contributed by atoms with E-state index in [1.807, 2.05) is 6.07 Å². The predicted octanol–water partition coefficient (Wildman–Crippen LogP) is 3.96. The molecule has 1 heterocycles. The standard InChI is InChI=1S/C21H18N2O4S/c1-26-19-13-12-15(14-20(19)27-2)21-22-17-10-6-7-11-18(17)23(21)28(24,25)16-8-4-3-5-9-16/h3-14H,1-2H3. The molecule has 0 spiro atoms. The van der Waals surface area contributed by atoms with E-state index < -0.39 is 10.0 Å². The van der Waals surface area contributed by atoms with Gasteiger partial charge in [-0.3, -0.25) is 0 Å². The zero-order chi connectivity index (χ0) is 19.7. The van der Waals surface area contributed by atoms with Gasteiger partial charge in [-0.15, -0.1) is 0 Å². The Morgan fingerprint density at radius 2 is 1.50 bits per heavy atom. The third-order valence-corrected chi connectivity index (χ3v) is 6.16. The molecule has 0 bridgehead atoms. The molecule has 0 saturated heterocycles. The number of hydrogen-bond acceptors (Lipinski definition) is 5. The number of rotatable bonds is 5. The summed E-state index contributed by atoms with van der Waals surface area (Å²) in [4.78, 5) is 4.79. The van der Waals surface area contributed by atoms with Gasteiger partial charge in [0.25, 0.3) is 10.0 Å². The molecule has 28 heavy (non-hydrogen) atoms. The van der Waals surface area contributed by atoms with Crippen LogP contribution in [0, 0.1) is 0 Å². The van der Waals surface area contributed by atoms with E-state index in [0.717, 1.165) is 0 Å². The molecule has 0 aliphatic rings. The first kappa shape index (κ1) is 18.1. The van der Waals surface area contributed by atoms with Crippen molar-refractivity contribution in [3.05, 3.63) is 72.8 Å². The Morgan fingerprint density at radius 1 is 0.821 bits per heavy atom. The monoisotopic (exact) mass is 394 g/mol. The first-order chi connectivity index (χ1) is 13.6. The van der Waals surface area contributed by atoms with E-state index >= 15 is 0 Å². The number of imidazole rings is 1. The molecule has 6 nitrogen and oxygen atoms in total. The van der Waals surface area contributed by atoms with Crippen LogP contribution in [0.1, 0.15) is 0 Å². The minimum atomic E-state index is -3.85. The third-order valence-electron chi connectivity index (χ3n) is 4.44. The molecule has 4 rings (SSSR count). The first-order valence-electron chi connectivity index (χ1n) is 8.57. The van der Waals surface area contributed by atoms with Crippen LogP contribution >= 0.6 is 0 Å². The van der Waals surface area contributed by atoms with Crippen molar-refractivity contribution in [3.8, 4) is 22.9 Å². The van der Waals surface area contributed by atoms with Gasteiger partial charge in [-0.2, -0.15) is 0 Å². The zero-order valence-corrected chi connectivity index (χ0v) is 16.2. The molecule has 0 aliphatic carbocycles. The maximum Gasteiger partial charge on any atom is 0.269 e. The zero-order valence-electron chi connectivity index (χ0n) is 15.4. The quantitative estimate of drug-likeness (QED) is 0.512. The maximum absolute atomic E-state index is 13.4. The van der Waals surface area contributed by atoms with Crippen LogP contribution in [0.15, 0.2) is 77.7 Å². The van der Waals surface area contributed by atoms with Crippen LogP contribution < -0.4 is 9.47 Å². The Morgan fingerprint density at radius 3 is 2.21 bits per heavy atom. The molecular formula is C21H18N2O4S. The minimum Gasteiger partial charge on any atom is -0.493 e. The van der Waals surface area contributed by atoms with Gasteiger partial charge in [-0.25, -0.2) is 17.4 Å². The van der Waals surface area contributed by atoms with Gasteiger partial charge in [-0.1, -0.05) is 30.3 Å². The first-order valence-corrected chi connectivity index (χ1v) is 10.0. The predicted molar refractivity (Wildman–Crippen MR) is 107 cm³/mol. The van der Waals surface area contributed by atoms with Crippen molar-refractivity contribution in [2.75, 3.05) is 14.2 Å². The topological polar surface area (TPSA) is 70.4 Å². The molecule has 0 aliphatic heterocycles. The highest BCUT2D eigenvalue weighted by Crippen LogP contribution is 2.35. The van der Waals surface area contributed by atoms with Crippen LogP contribution in [0.4, 0.5) is 0 Å². The molecule has 142 valence electrons. The molecule has 3 aromatic carbocycles. The highest BCUT2D eigenvalue weighted by atomic mass is 32.2. The van der Waals surface area contributed by atoms with Crippen LogP contribution in [0.25, 0.3) is 22.4 Å². The number of nitrogens with zero attached hydrogens (tertiary/aromatic N) is 2. The summed E-state index contributed by atoms with van der Waals surface area (Å²) >= 11 is 0. The lowest BCUT2D eigenvalue weighted by molar-refractivity contribution is 0.355. The second-order valence-electron chi connectivity index (χ2n) is 6.08. The van der Waals surface area contributed by atoms with E-state index in [1.165, 1.54) is 11.1 Å². The third kappa shape index (κ3) is 2.90. The highest BCUT2D eigenvalue weighted by Gasteiger charge is 2.25. The van der Waals surface area contributed by atoms with Crippen molar-refractivity contribution in [2.45, 2.75) is 4.90 Å². The molecule has 1 aromatic heterocycles. The number of para-hydroxylation sites is 2. The summed E-state index contributed by atoms with van der Waals surface area (Å²) in [6.07, 6.45) is 0. The van der Waals surface area contributed by atoms with Crippen molar-refractivity contribution in [2.24, 2.45) is 0 Å². The second kappa shape index (κ2) is 7.01. The van der Waals surface area contributed by atoms with Crippen LogP contribution in [0.2, 0.25) is 0 Å². The molecule has 7 heteroatoms. The van der Waals surface area contributed by atoms with Gasteiger partial charge in [0.05, 0.1) is 30.1 Å². The molecular weight excluding hydrogens is 376 g/mol. The molecule has 0 unspecified atom stereocenters. The van der Waals surface area contributed by atoms with Crippen LogP contribution in [-0.2, 0) is 10.0 Å². The summed E-state index contributed by atoms with van der Waals surface area (Å²) in [5.74, 6) is 1.36. The van der Waals surface area contributed by atoms with E-state index in [4.69, 9.17) is 9.47 Å². The van der Waals surface area contributed by atoms with Gasteiger partial charge >= 0.3 is 0 Å². The summed E-state index contributed by atoms with van der Waals surface area (Å²) in [7, 11) is -0.773. The fourth-order valence-electron chi connectivity index (χ4n) is 3.10. The average Bonchev–Trinajstić information content (AvgIpc) is 3.14. The molecule has 0 saturated carbocycles. The maximum atomic E-state index is 13.4. The summed E-state index contributed by atoms with van der Waals surface area (Å²) < 4.78 is 38.8. The van der Waals surface area contributed by atoms with Crippen molar-refractivity contribution >= 4 is 21.1 Å². The Bertz CT molecular complexity index is 1250. The van der Waals surface area contributed by atoms with Crippen molar-refractivity contribution in [3.63, 3.8) is 0 Å². The summed E-state index contributed by atoms with van der Waals surface area (Å²) in [5.41, 5.74) is 1.70. The van der Waals surface area contributed by atoms with E-state index in [0.29, 0.717) is 33.9 Å². The Kier molecular flexibility index (Phi) is 4.52. The summed E-state index contributed by atoms with van der Waals surface area (Å²) in [5, 5.41) is 0. The van der Waals surface area contributed by atoms with Gasteiger partial charge in [0.2, 0.25) is 0 Å². The lowest BCUT2D eigenvalue weighted by atomic mass is 10.2. The van der Waals surface area contributed by atoms with E-state index in [9.17, 15) is 8.42 Å². The lowest BCUT2D eigenvalue weighted by Gasteiger charge is -2.12. The average molecular weight is 394 g/mol. The Balaban J connectivity index is 2.02. The molecule has 0 fully saturated rings. The van der Waals surface area contributed by atoms with E-state index in [-0.39, 0.29) is 4.90 Å². The lowest BCUT2D eigenvalue weighted by Crippen LogP contribution is -2.14. The minimum absolute atomic E-state index is 0.194. The fraction of sp³-hybridized carbons (Fsp3) is 0.0952. The number of fused-ring (bicyclic) bond motifs is 1. The van der Waals surface area contributed by atoms with E-state index in [1.54, 1.807) is 73.8 Å². The molecule has 0 radical (unpaired) electrons. The molecule has 4 aromatic rings. The number of aromatic nitrogens is 2. The summed E-state index contributed by atoms with van der Waals surface area (Å²) in [6.45, 7) is 0. The van der Waals surface area contributed by atoms with Crippen LogP contribution in [-0.4, -0.2) is 31.6 Å². The fourth-order valence-corrected chi connectivity index (χ4v) is 4.60. The van der Waals surface area contributed by atoms with Crippen molar-refractivity contribution in [1.82, 2.24) is 8.96 Å². The Labute approximate surface area is 163 Å². The van der Waals surface area contributed by atoms with Gasteiger partial charge in [-0.05, 0) is 42.5 Å². The number of methoxy groups -OCH3 is 2. The van der Waals surface area contributed by atoms with Gasteiger partial charge in [0.1, 0.15) is 0 Å². The van der Waals surface area contributed by atoms with Crippen LogP contribution in [0.5, 0.6) is 11.5 Å². The smallest absolute Gasteiger partial charge is 0.269 e. The van der Waals surface area contributed by atoms with E-state index in [2.05, 4.69) is 4.98 Å². The van der Waals surface area contributed by atoms with Crippen molar-refractivity contribution in [1.29, 1.82) is 0 Å². The Hall–Kier alpha value is -3.32. The summed E-state index contributed by atoms with van der Waals surface area (Å²) in [6, 6.07) is 20.7. The van der Waals surface area contributed by atoms with Gasteiger partial charge < -0.3 is 9.47 Å². The van der Waals surface area contributed by atoms with Gasteiger partial charge in [0, 0.05) is 5.56 Å². The normalized spacial score (nSPS) is 11.5.